The first-order valence-electron chi connectivity index (χ1n) is 4.47. The molecule has 0 saturated carbocycles. The number of amides is 1. The van der Waals surface area contributed by atoms with E-state index in [-0.39, 0.29) is 12.5 Å². The van der Waals surface area contributed by atoms with E-state index in [4.69, 9.17) is 15.3 Å². The summed E-state index contributed by atoms with van der Waals surface area (Å²) in [6, 6.07) is 7.46. The van der Waals surface area contributed by atoms with E-state index in [9.17, 15) is 4.79 Å². The molecule has 1 aromatic rings. The second kappa shape index (κ2) is 6.00. The predicted molar refractivity (Wildman–Crippen MR) is 55.0 cm³/mol. The van der Waals surface area contributed by atoms with Gasteiger partial charge < -0.3 is 9.47 Å². The van der Waals surface area contributed by atoms with Crippen molar-refractivity contribution in [2.75, 3.05) is 13.7 Å². The van der Waals surface area contributed by atoms with Crippen molar-refractivity contribution in [2.24, 2.45) is 5.84 Å². The number of hydrogen-bond donors (Lipinski definition) is 2. The van der Waals surface area contributed by atoms with Crippen LogP contribution in [0.25, 0.3) is 0 Å². The molecule has 5 nitrogen and oxygen atoms in total. The molecule has 0 aliphatic heterocycles. The van der Waals surface area contributed by atoms with Crippen LogP contribution in [-0.2, 0) is 16.1 Å². The van der Waals surface area contributed by atoms with E-state index in [0.717, 1.165) is 11.3 Å². The van der Waals surface area contributed by atoms with Gasteiger partial charge in [-0.2, -0.15) is 0 Å². The van der Waals surface area contributed by atoms with Crippen LogP contribution in [0.15, 0.2) is 24.3 Å². The Labute approximate surface area is 88.1 Å². The molecule has 1 rings (SSSR count). The largest absolute Gasteiger partial charge is 0.496 e. The van der Waals surface area contributed by atoms with Crippen LogP contribution >= 0.6 is 0 Å². The highest BCUT2D eigenvalue weighted by Gasteiger charge is 2.03. The standard InChI is InChI=1S/C10H14N2O3/c1-14-9-5-3-2-4-8(9)6-15-7-10(13)12-11/h2-5H,6-7,11H2,1H3,(H,12,13). The van der Waals surface area contributed by atoms with Gasteiger partial charge in [-0.15, -0.1) is 0 Å². The molecule has 1 aromatic carbocycles. The SMILES string of the molecule is COc1ccccc1COCC(=O)NN. The minimum absolute atomic E-state index is 0.0610. The maximum Gasteiger partial charge on any atom is 0.259 e. The molecule has 15 heavy (non-hydrogen) atoms. The highest BCUT2D eigenvalue weighted by molar-refractivity contribution is 5.76. The quantitative estimate of drug-likeness (QED) is 0.413. The molecule has 0 spiro atoms. The molecule has 0 aromatic heterocycles. The van der Waals surface area contributed by atoms with Gasteiger partial charge in [-0.3, -0.25) is 10.2 Å². The van der Waals surface area contributed by atoms with Crippen LogP contribution in [0.4, 0.5) is 0 Å². The molecule has 0 fully saturated rings. The number of benzene rings is 1. The second-order valence-corrected chi connectivity index (χ2v) is 2.87. The van der Waals surface area contributed by atoms with Gasteiger partial charge in [-0.1, -0.05) is 18.2 Å². The molecule has 0 aliphatic carbocycles. The minimum atomic E-state index is -0.357. The summed E-state index contributed by atoms with van der Waals surface area (Å²) in [6.45, 7) is 0.256. The van der Waals surface area contributed by atoms with E-state index in [1.807, 2.05) is 29.7 Å². The number of ether oxygens (including phenoxy) is 2. The molecule has 1 amide bonds. The molecule has 0 heterocycles. The zero-order valence-electron chi connectivity index (χ0n) is 8.53. The molecule has 0 atom stereocenters. The van der Waals surface area contributed by atoms with Crippen molar-refractivity contribution in [1.29, 1.82) is 0 Å². The van der Waals surface area contributed by atoms with Crippen molar-refractivity contribution >= 4 is 5.91 Å². The topological polar surface area (TPSA) is 73.6 Å². The van der Waals surface area contributed by atoms with Gasteiger partial charge in [0.2, 0.25) is 0 Å². The van der Waals surface area contributed by atoms with E-state index < -0.39 is 0 Å². The van der Waals surface area contributed by atoms with Crippen LogP contribution in [0.3, 0.4) is 0 Å². The number of para-hydroxylation sites is 1. The normalized spacial score (nSPS) is 9.73. The molecule has 0 unspecified atom stereocenters. The number of nitrogens with two attached hydrogens (primary N) is 1. The third-order valence-corrected chi connectivity index (χ3v) is 1.84. The molecule has 0 radical (unpaired) electrons. The monoisotopic (exact) mass is 210 g/mol. The Kier molecular flexibility index (Phi) is 4.59. The lowest BCUT2D eigenvalue weighted by atomic mass is 10.2. The number of rotatable bonds is 5. The first-order valence-corrected chi connectivity index (χ1v) is 4.47. The molecule has 0 saturated heterocycles. The first kappa shape index (κ1) is 11.5. The minimum Gasteiger partial charge on any atom is -0.496 e. The molecule has 5 heteroatoms. The van der Waals surface area contributed by atoms with Crippen molar-refractivity contribution in [3.63, 3.8) is 0 Å². The fourth-order valence-corrected chi connectivity index (χ4v) is 1.12. The van der Waals surface area contributed by atoms with Crippen molar-refractivity contribution in [3.8, 4) is 5.75 Å². The Bertz CT molecular complexity index is 328. The average molecular weight is 210 g/mol. The van der Waals surface area contributed by atoms with Crippen LogP contribution in [0, 0.1) is 0 Å². The van der Waals surface area contributed by atoms with Gasteiger partial charge in [0.1, 0.15) is 12.4 Å². The molecule has 0 aliphatic rings. The van der Waals surface area contributed by atoms with E-state index in [1.165, 1.54) is 0 Å². The maximum atomic E-state index is 10.8. The summed E-state index contributed by atoms with van der Waals surface area (Å²) < 4.78 is 10.3. The van der Waals surface area contributed by atoms with Gasteiger partial charge in [0.25, 0.3) is 5.91 Å². The number of carbonyl (C=O) groups is 1. The number of hydrazine groups is 1. The van der Waals surface area contributed by atoms with Crippen molar-refractivity contribution in [1.82, 2.24) is 5.43 Å². The van der Waals surface area contributed by atoms with Crippen molar-refractivity contribution in [3.05, 3.63) is 29.8 Å². The zero-order chi connectivity index (χ0) is 11.1. The second-order valence-electron chi connectivity index (χ2n) is 2.87. The van der Waals surface area contributed by atoms with Crippen LogP contribution in [0.1, 0.15) is 5.56 Å². The summed E-state index contributed by atoms with van der Waals surface area (Å²) >= 11 is 0. The van der Waals surface area contributed by atoms with Gasteiger partial charge in [-0.05, 0) is 6.07 Å². The lowest BCUT2D eigenvalue weighted by Gasteiger charge is -2.08. The van der Waals surface area contributed by atoms with Crippen LogP contribution in [0.2, 0.25) is 0 Å². The van der Waals surface area contributed by atoms with Crippen LogP contribution in [-0.4, -0.2) is 19.6 Å². The highest BCUT2D eigenvalue weighted by atomic mass is 16.5. The van der Waals surface area contributed by atoms with E-state index in [1.54, 1.807) is 7.11 Å². The maximum absolute atomic E-state index is 10.8. The van der Waals surface area contributed by atoms with Gasteiger partial charge in [0, 0.05) is 5.56 Å². The first-order chi connectivity index (χ1) is 7.27. The smallest absolute Gasteiger partial charge is 0.259 e. The third kappa shape index (κ3) is 3.57. The Balaban J connectivity index is 2.46. The summed E-state index contributed by atoms with van der Waals surface area (Å²) in [6.07, 6.45) is 0. The van der Waals surface area contributed by atoms with E-state index in [0.29, 0.717) is 6.61 Å². The lowest BCUT2D eigenvalue weighted by Crippen LogP contribution is -2.33. The van der Waals surface area contributed by atoms with Gasteiger partial charge in [-0.25, -0.2) is 5.84 Å². The Morgan fingerprint density at radius 3 is 2.87 bits per heavy atom. The van der Waals surface area contributed by atoms with Crippen LogP contribution < -0.4 is 16.0 Å². The number of methoxy groups -OCH3 is 1. The van der Waals surface area contributed by atoms with Crippen LogP contribution in [0.5, 0.6) is 5.75 Å². The Morgan fingerprint density at radius 2 is 2.20 bits per heavy atom. The summed E-state index contributed by atoms with van der Waals surface area (Å²) in [7, 11) is 1.59. The molecule has 82 valence electrons. The molecular weight excluding hydrogens is 196 g/mol. The summed E-state index contributed by atoms with van der Waals surface area (Å²) in [5, 5.41) is 0. The van der Waals surface area contributed by atoms with Gasteiger partial charge in [0.05, 0.1) is 13.7 Å². The number of carbonyl (C=O) groups excluding carboxylic acids is 1. The molecular formula is C10H14N2O3. The summed E-state index contributed by atoms with van der Waals surface area (Å²) in [5.74, 6) is 5.29. The third-order valence-electron chi connectivity index (χ3n) is 1.84. The Hall–Kier alpha value is -1.59. The zero-order valence-corrected chi connectivity index (χ0v) is 8.53. The van der Waals surface area contributed by atoms with E-state index >= 15 is 0 Å². The fraction of sp³-hybridized carbons (Fsp3) is 0.300. The number of nitrogens with one attached hydrogen (secondary N) is 1. The van der Waals surface area contributed by atoms with E-state index in [2.05, 4.69) is 0 Å². The highest BCUT2D eigenvalue weighted by Crippen LogP contribution is 2.17. The van der Waals surface area contributed by atoms with Crippen molar-refractivity contribution < 1.29 is 14.3 Å². The molecule has 3 N–H and O–H groups in total. The average Bonchev–Trinajstić information content (AvgIpc) is 2.29. The summed E-state index contributed by atoms with van der Waals surface area (Å²) in [5.41, 5.74) is 2.88. The lowest BCUT2D eigenvalue weighted by molar-refractivity contribution is -0.126. The summed E-state index contributed by atoms with van der Waals surface area (Å²) in [4.78, 5) is 10.8. The Morgan fingerprint density at radius 1 is 1.47 bits per heavy atom. The molecule has 0 bridgehead atoms. The van der Waals surface area contributed by atoms with Gasteiger partial charge >= 0.3 is 0 Å². The fourth-order valence-electron chi connectivity index (χ4n) is 1.12. The predicted octanol–water partition coefficient (Wildman–Crippen LogP) is 0.202. The number of hydrogen-bond acceptors (Lipinski definition) is 4. The van der Waals surface area contributed by atoms with Crippen molar-refractivity contribution in [2.45, 2.75) is 6.61 Å². The van der Waals surface area contributed by atoms with Gasteiger partial charge in [0.15, 0.2) is 0 Å².